The molecular formula is C57H105N4O6Rb. The molecule has 390 valence electrons. The number of nitrogens with one attached hydrogen (secondary N) is 2. The van der Waals surface area contributed by atoms with Crippen molar-refractivity contribution in [2.45, 2.75) is 213 Å². The molecule has 3 rings (SSSR count). The van der Waals surface area contributed by atoms with E-state index in [0.29, 0.717) is 89.4 Å². The van der Waals surface area contributed by atoms with Gasteiger partial charge in [0.2, 0.25) is 17.7 Å². The number of ketones is 2. The van der Waals surface area contributed by atoms with Crippen LogP contribution in [0.4, 0.5) is 0 Å². The maximum absolute atomic E-state index is 12.1. The van der Waals surface area contributed by atoms with E-state index in [-0.39, 0.29) is 114 Å². The van der Waals surface area contributed by atoms with E-state index in [2.05, 4.69) is 121 Å². The second-order valence-electron chi connectivity index (χ2n) is 23.9. The molecule has 11 heteroatoms. The molecule has 4 N–H and O–H groups in total. The summed E-state index contributed by atoms with van der Waals surface area (Å²) in [6, 6.07) is 7.17. The van der Waals surface area contributed by atoms with Crippen LogP contribution in [0.3, 0.4) is 0 Å². The number of hydrogen-bond acceptors (Lipinski definition) is 7. The zero-order valence-electron chi connectivity index (χ0n) is 47.7. The molecule has 2 aliphatic rings. The average molecular weight is 1030 g/mol. The van der Waals surface area contributed by atoms with E-state index >= 15 is 0 Å². The van der Waals surface area contributed by atoms with Crippen LogP contribution in [0.25, 0.3) is 0 Å². The van der Waals surface area contributed by atoms with Gasteiger partial charge in [-0.25, -0.2) is 0 Å². The molecule has 1 aromatic rings. The SMILES string of the molecule is CC(C)(C)CC1OCCC1C(C)(C)C.CC(C)CC(CC(C)C)NC(=O)CN.CC(C)CCC(=O)c1ccc(C(=O)CCC(C)C)cc1.CC(C)CNC(=O)C1CCCN1C(=O)CC(C)C.[CH3-].[Rb+]. The normalized spacial score (nSPS) is 16.9. The summed E-state index contributed by atoms with van der Waals surface area (Å²) in [5.41, 5.74) is 7.48. The summed E-state index contributed by atoms with van der Waals surface area (Å²) >= 11 is 0. The van der Waals surface area contributed by atoms with E-state index in [1.165, 1.54) is 12.8 Å². The first-order valence-corrected chi connectivity index (χ1v) is 25.8. The second-order valence-corrected chi connectivity index (χ2v) is 23.9. The Morgan fingerprint density at radius 2 is 1.18 bits per heavy atom. The zero-order valence-corrected chi connectivity index (χ0v) is 52.6. The molecule has 0 spiro atoms. The molecule has 1 aromatic carbocycles. The van der Waals surface area contributed by atoms with Crippen LogP contribution in [0.5, 0.6) is 0 Å². The number of Topliss-reactive ketones (excluding diaryl/α,β-unsaturated/α-hetero) is 2. The summed E-state index contributed by atoms with van der Waals surface area (Å²) in [7, 11) is 0. The van der Waals surface area contributed by atoms with Crippen molar-refractivity contribution < 1.29 is 86.9 Å². The molecule has 2 heterocycles. The molecule has 2 fully saturated rings. The molecule has 3 amide bonds. The van der Waals surface area contributed by atoms with E-state index in [1.807, 2.05) is 13.8 Å². The Hall–Kier alpha value is -1.30. The Balaban J connectivity index is -0.000000830. The monoisotopic (exact) mass is 1030 g/mol. The predicted molar refractivity (Wildman–Crippen MR) is 283 cm³/mol. The van der Waals surface area contributed by atoms with Crippen molar-refractivity contribution in [2.75, 3.05) is 26.2 Å². The predicted octanol–water partition coefficient (Wildman–Crippen LogP) is 9.57. The van der Waals surface area contributed by atoms with Gasteiger partial charge in [0.05, 0.1) is 12.6 Å². The average Bonchev–Trinajstić information content (AvgIpc) is 3.88. The molecule has 68 heavy (non-hydrogen) atoms. The Labute approximate surface area is 467 Å². The Morgan fingerprint density at radius 3 is 1.54 bits per heavy atom. The molecule has 0 aliphatic carbocycles. The minimum atomic E-state index is -0.241. The number of amides is 3. The first-order valence-electron chi connectivity index (χ1n) is 25.8. The fourth-order valence-electron chi connectivity index (χ4n) is 8.28. The van der Waals surface area contributed by atoms with Gasteiger partial charge in [-0.3, -0.25) is 24.0 Å². The van der Waals surface area contributed by atoms with Crippen LogP contribution in [0.15, 0.2) is 24.3 Å². The van der Waals surface area contributed by atoms with Crippen LogP contribution in [-0.4, -0.2) is 78.6 Å². The molecule has 2 aliphatic heterocycles. The number of nitrogens with two attached hydrogens (primary N) is 1. The fourth-order valence-corrected chi connectivity index (χ4v) is 8.28. The first kappa shape index (κ1) is 70.9. The van der Waals surface area contributed by atoms with Crippen LogP contribution in [0.2, 0.25) is 0 Å². The summed E-state index contributed by atoms with van der Waals surface area (Å²) in [5, 5.41) is 5.89. The number of likely N-dealkylation sites (tertiary alicyclic amines) is 1. The standard InChI is InChI=1S/C18H26O2.C14H26N2O2.C13H26O.C11H24N2O.CH3.Rb/c1-13(2)5-11-17(19)15-7-9-16(10-8-15)18(20)12-6-14(3)4;1-10(2)8-13(17)16-7-5-6-12(16)14(18)15-9-11(3)4;1-12(2,3)9-11-10(7-8-14-11)13(4,5)6;1-8(2)5-10(6-9(3)4)13-11(14)7-12;;/h7-10,13-14H,5-6,11-12H2,1-4H3;10-12H,5-9H2,1-4H3,(H,15,18);10-11H,7-9H2,1-6H3;8-10H,5-7,12H2,1-4H3,(H,13,14);1H3;/q;;;;-1;+1. The molecule has 0 saturated carbocycles. The van der Waals surface area contributed by atoms with Gasteiger partial charge in [0.25, 0.3) is 0 Å². The van der Waals surface area contributed by atoms with Gasteiger partial charge in [-0.15, -0.1) is 0 Å². The number of rotatable bonds is 20. The van der Waals surface area contributed by atoms with Gasteiger partial charge in [-0.1, -0.05) is 149 Å². The van der Waals surface area contributed by atoms with E-state index in [1.54, 1.807) is 29.2 Å². The van der Waals surface area contributed by atoms with Crippen LogP contribution >= 0.6 is 0 Å². The van der Waals surface area contributed by atoms with Crippen LogP contribution in [0, 0.1) is 59.7 Å². The number of hydrogen-bond donors (Lipinski definition) is 3. The van der Waals surface area contributed by atoms with Crippen molar-refractivity contribution in [3.8, 4) is 0 Å². The molecule has 3 unspecified atom stereocenters. The number of ether oxygens (including phenoxy) is 1. The minimum absolute atomic E-state index is 0. The Morgan fingerprint density at radius 1 is 0.706 bits per heavy atom. The summed E-state index contributed by atoms with van der Waals surface area (Å²) in [4.78, 5) is 60.9. The summed E-state index contributed by atoms with van der Waals surface area (Å²) in [5.74, 6) is 4.23. The van der Waals surface area contributed by atoms with E-state index < -0.39 is 0 Å². The van der Waals surface area contributed by atoms with Gasteiger partial charge in [0.1, 0.15) is 6.04 Å². The molecule has 0 aromatic heterocycles. The van der Waals surface area contributed by atoms with Gasteiger partial charge in [0, 0.05) is 56.1 Å². The second kappa shape index (κ2) is 36.6. The zero-order chi connectivity index (χ0) is 50.9. The van der Waals surface area contributed by atoms with Crippen molar-refractivity contribution in [3.63, 3.8) is 0 Å². The third-order valence-electron chi connectivity index (χ3n) is 11.8. The van der Waals surface area contributed by atoms with Crippen LogP contribution in [-0.2, 0) is 19.1 Å². The molecule has 0 radical (unpaired) electrons. The molecule has 0 bridgehead atoms. The quantitative estimate of drug-likeness (QED) is 0.0871. The summed E-state index contributed by atoms with van der Waals surface area (Å²) in [6.07, 6.45) is 10.2. The summed E-state index contributed by atoms with van der Waals surface area (Å²) in [6.45, 7) is 41.7. The van der Waals surface area contributed by atoms with Crippen molar-refractivity contribution in [2.24, 2.45) is 58.0 Å². The van der Waals surface area contributed by atoms with Gasteiger partial charge in [-0.2, -0.15) is 0 Å². The maximum Gasteiger partial charge on any atom is 1.00 e. The third-order valence-corrected chi connectivity index (χ3v) is 11.8. The number of benzene rings is 1. The molecule has 10 nitrogen and oxygen atoms in total. The van der Waals surface area contributed by atoms with E-state index in [4.69, 9.17) is 10.5 Å². The van der Waals surface area contributed by atoms with Crippen molar-refractivity contribution in [1.29, 1.82) is 0 Å². The van der Waals surface area contributed by atoms with Crippen LogP contribution in [0.1, 0.15) is 216 Å². The largest absolute Gasteiger partial charge is 1.00 e. The molecular weight excluding hydrogens is 922 g/mol. The number of nitrogens with zero attached hydrogens (tertiary/aromatic N) is 1. The van der Waals surface area contributed by atoms with Crippen molar-refractivity contribution in [1.82, 2.24) is 15.5 Å². The third kappa shape index (κ3) is 33.4. The topological polar surface area (TPSA) is 148 Å². The van der Waals surface area contributed by atoms with Gasteiger partial charge in [-0.05, 0) is 104 Å². The van der Waals surface area contributed by atoms with Crippen molar-refractivity contribution >= 4 is 29.3 Å². The Bertz CT molecular complexity index is 1490. The fraction of sp³-hybridized carbons (Fsp3) is 0.789. The smallest absolute Gasteiger partial charge is 0.378 e. The molecule has 2 saturated heterocycles. The molecule has 3 atom stereocenters. The van der Waals surface area contributed by atoms with Gasteiger partial charge < -0.3 is 33.4 Å². The van der Waals surface area contributed by atoms with Gasteiger partial charge in [0.15, 0.2) is 11.6 Å². The van der Waals surface area contributed by atoms with E-state index in [9.17, 15) is 24.0 Å². The van der Waals surface area contributed by atoms with E-state index in [0.717, 1.165) is 57.6 Å². The van der Waals surface area contributed by atoms with Gasteiger partial charge >= 0.3 is 58.2 Å². The number of carbonyl (C=O) groups is 5. The minimum Gasteiger partial charge on any atom is -0.378 e. The number of carbonyl (C=O) groups excluding carboxylic acids is 5. The first-order chi connectivity index (χ1) is 30.5. The van der Waals surface area contributed by atoms with Crippen LogP contribution < -0.4 is 74.6 Å². The maximum atomic E-state index is 12.1. The summed E-state index contributed by atoms with van der Waals surface area (Å²) < 4.78 is 5.87. The van der Waals surface area contributed by atoms with Crippen molar-refractivity contribution in [3.05, 3.63) is 42.8 Å². The Kier molecular flexibility index (Phi) is 38.2.